The SMILES string of the molecule is CCCCCCCCC([N+](=O)[O-])C(C)(C)C. The molecule has 0 aliphatic heterocycles. The maximum Gasteiger partial charge on any atom is 0.217 e. The monoisotopic (exact) mass is 229 g/mol. The van der Waals surface area contributed by atoms with Crippen LogP contribution >= 0.6 is 0 Å². The van der Waals surface area contributed by atoms with E-state index in [9.17, 15) is 10.1 Å². The van der Waals surface area contributed by atoms with Gasteiger partial charge in [-0.2, -0.15) is 0 Å². The largest absolute Gasteiger partial charge is 0.264 e. The lowest BCUT2D eigenvalue weighted by Crippen LogP contribution is -2.33. The van der Waals surface area contributed by atoms with Gasteiger partial charge in [-0.15, -0.1) is 0 Å². The summed E-state index contributed by atoms with van der Waals surface area (Å²) in [5, 5.41) is 10.9. The number of rotatable bonds is 8. The number of hydrogen-bond donors (Lipinski definition) is 0. The normalized spacial score (nSPS) is 13.8. The topological polar surface area (TPSA) is 43.1 Å². The summed E-state index contributed by atoms with van der Waals surface area (Å²) in [7, 11) is 0. The second kappa shape index (κ2) is 7.64. The summed E-state index contributed by atoms with van der Waals surface area (Å²) < 4.78 is 0. The average molecular weight is 229 g/mol. The highest BCUT2D eigenvalue weighted by molar-refractivity contribution is 4.73. The van der Waals surface area contributed by atoms with E-state index in [1.807, 2.05) is 20.8 Å². The van der Waals surface area contributed by atoms with E-state index in [0.29, 0.717) is 0 Å². The fourth-order valence-corrected chi connectivity index (χ4v) is 1.97. The van der Waals surface area contributed by atoms with E-state index in [1.54, 1.807) is 0 Å². The van der Waals surface area contributed by atoms with Crippen LogP contribution in [0.1, 0.15) is 72.6 Å². The van der Waals surface area contributed by atoms with Gasteiger partial charge < -0.3 is 0 Å². The van der Waals surface area contributed by atoms with Crippen molar-refractivity contribution >= 4 is 0 Å². The molecule has 0 spiro atoms. The summed E-state index contributed by atoms with van der Waals surface area (Å²) >= 11 is 0. The standard InChI is InChI=1S/C13H27NO2/c1-5-6-7-8-9-10-11-12(14(15)16)13(2,3)4/h12H,5-11H2,1-4H3. The lowest BCUT2D eigenvalue weighted by Gasteiger charge is -2.23. The first-order valence-electron chi connectivity index (χ1n) is 6.53. The van der Waals surface area contributed by atoms with Crippen LogP contribution in [0.3, 0.4) is 0 Å². The van der Waals surface area contributed by atoms with Gasteiger partial charge in [0, 0.05) is 16.8 Å². The van der Waals surface area contributed by atoms with E-state index in [-0.39, 0.29) is 10.3 Å². The third kappa shape index (κ3) is 6.81. The molecule has 1 unspecified atom stereocenters. The van der Waals surface area contributed by atoms with E-state index >= 15 is 0 Å². The van der Waals surface area contributed by atoms with Gasteiger partial charge in [-0.3, -0.25) is 10.1 Å². The maximum absolute atomic E-state index is 10.9. The van der Waals surface area contributed by atoms with Crippen LogP contribution < -0.4 is 0 Å². The van der Waals surface area contributed by atoms with Crippen molar-refractivity contribution < 1.29 is 4.92 Å². The Morgan fingerprint density at radius 1 is 1.06 bits per heavy atom. The summed E-state index contributed by atoms with van der Waals surface area (Å²) in [5.41, 5.74) is -0.215. The molecule has 0 saturated heterocycles. The van der Waals surface area contributed by atoms with Crippen molar-refractivity contribution in [3.63, 3.8) is 0 Å². The molecule has 0 saturated carbocycles. The zero-order valence-electron chi connectivity index (χ0n) is 11.3. The highest BCUT2D eigenvalue weighted by atomic mass is 16.6. The van der Waals surface area contributed by atoms with E-state index < -0.39 is 6.04 Å². The fourth-order valence-electron chi connectivity index (χ4n) is 1.97. The number of nitrogens with zero attached hydrogens (tertiary/aromatic N) is 1. The van der Waals surface area contributed by atoms with Gasteiger partial charge in [0.2, 0.25) is 6.04 Å². The zero-order valence-corrected chi connectivity index (χ0v) is 11.3. The Balaban J connectivity index is 3.75. The van der Waals surface area contributed by atoms with Crippen molar-refractivity contribution in [2.45, 2.75) is 78.7 Å². The van der Waals surface area contributed by atoms with Crippen LogP contribution in [0.4, 0.5) is 0 Å². The van der Waals surface area contributed by atoms with E-state index in [2.05, 4.69) is 6.92 Å². The molecule has 0 radical (unpaired) electrons. The van der Waals surface area contributed by atoms with Crippen LogP contribution in [-0.4, -0.2) is 11.0 Å². The number of unbranched alkanes of at least 4 members (excludes halogenated alkanes) is 5. The highest BCUT2D eigenvalue weighted by Crippen LogP contribution is 2.26. The molecule has 0 aromatic heterocycles. The first-order chi connectivity index (χ1) is 7.39. The molecule has 96 valence electrons. The Bertz CT molecular complexity index is 197. The van der Waals surface area contributed by atoms with Gasteiger partial charge in [0.25, 0.3) is 0 Å². The van der Waals surface area contributed by atoms with Gasteiger partial charge in [-0.1, -0.05) is 59.8 Å². The van der Waals surface area contributed by atoms with Gasteiger partial charge in [-0.25, -0.2) is 0 Å². The third-order valence-electron chi connectivity index (χ3n) is 3.09. The van der Waals surface area contributed by atoms with Crippen molar-refractivity contribution in [2.24, 2.45) is 5.41 Å². The first-order valence-corrected chi connectivity index (χ1v) is 6.53. The molecule has 0 rings (SSSR count). The van der Waals surface area contributed by atoms with Gasteiger partial charge in [0.1, 0.15) is 0 Å². The smallest absolute Gasteiger partial charge is 0.217 e. The quantitative estimate of drug-likeness (QED) is 0.351. The molecule has 3 nitrogen and oxygen atoms in total. The molecule has 3 heteroatoms. The second-order valence-corrected chi connectivity index (χ2v) is 5.72. The molecule has 0 aromatic rings. The molecule has 0 amide bonds. The Hall–Kier alpha value is -0.600. The first kappa shape index (κ1) is 15.4. The summed E-state index contributed by atoms with van der Waals surface area (Å²) in [4.78, 5) is 10.8. The van der Waals surface area contributed by atoms with Gasteiger partial charge >= 0.3 is 0 Å². The van der Waals surface area contributed by atoms with Crippen molar-refractivity contribution in [1.29, 1.82) is 0 Å². The molecule has 0 aliphatic rings. The summed E-state index contributed by atoms with van der Waals surface area (Å²) in [6.07, 6.45) is 7.89. The summed E-state index contributed by atoms with van der Waals surface area (Å²) in [6, 6.07) is -0.390. The highest BCUT2D eigenvalue weighted by Gasteiger charge is 2.33. The Morgan fingerprint density at radius 3 is 2.00 bits per heavy atom. The van der Waals surface area contributed by atoms with E-state index in [0.717, 1.165) is 19.3 Å². The minimum atomic E-state index is -0.390. The van der Waals surface area contributed by atoms with Gasteiger partial charge in [0.15, 0.2) is 0 Å². The molecule has 0 N–H and O–H groups in total. The van der Waals surface area contributed by atoms with Gasteiger partial charge in [-0.05, 0) is 6.42 Å². The molecule has 1 atom stereocenters. The second-order valence-electron chi connectivity index (χ2n) is 5.72. The maximum atomic E-state index is 10.9. The summed E-state index contributed by atoms with van der Waals surface area (Å²) in [5.74, 6) is 0. The number of nitro groups is 1. The lowest BCUT2D eigenvalue weighted by molar-refractivity contribution is -0.540. The molecule has 0 bridgehead atoms. The van der Waals surface area contributed by atoms with Crippen LogP contribution in [0.25, 0.3) is 0 Å². The lowest BCUT2D eigenvalue weighted by atomic mass is 9.84. The molecular formula is C13H27NO2. The van der Waals surface area contributed by atoms with Crippen LogP contribution in [-0.2, 0) is 0 Å². The number of hydrogen-bond acceptors (Lipinski definition) is 2. The third-order valence-corrected chi connectivity index (χ3v) is 3.09. The fraction of sp³-hybridized carbons (Fsp3) is 1.00. The van der Waals surface area contributed by atoms with Crippen molar-refractivity contribution in [2.75, 3.05) is 0 Å². The Kier molecular flexibility index (Phi) is 7.35. The predicted molar refractivity (Wildman–Crippen MR) is 68.2 cm³/mol. The van der Waals surface area contributed by atoms with Crippen LogP contribution in [0.15, 0.2) is 0 Å². The average Bonchev–Trinajstić information content (AvgIpc) is 2.13. The minimum absolute atomic E-state index is 0.105. The van der Waals surface area contributed by atoms with Crippen LogP contribution in [0.5, 0.6) is 0 Å². The summed E-state index contributed by atoms with van der Waals surface area (Å²) in [6.45, 7) is 8.06. The van der Waals surface area contributed by atoms with E-state index in [4.69, 9.17) is 0 Å². The molecule has 0 heterocycles. The van der Waals surface area contributed by atoms with Crippen LogP contribution in [0.2, 0.25) is 0 Å². The molecule has 0 aromatic carbocycles. The van der Waals surface area contributed by atoms with E-state index in [1.165, 1.54) is 25.7 Å². The molecule has 0 fully saturated rings. The Labute approximate surface area is 99.8 Å². The van der Waals surface area contributed by atoms with Crippen LogP contribution in [0, 0.1) is 15.5 Å². The minimum Gasteiger partial charge on any atom is -0.264 e. The van der Waals surface area contributed by atoms with Crippen molar-refractivity contribution in [3.05, 3.63) is 10.1 Å². The van der Waals surface area contributed by atoms with Crippen molar-refractivity contribution in [1.82, 2.24) is 0 Å². The molecular weight excluding hydrogens is 202 g/mol. The zero-order chi connectivity index (χ0) is 12.6. The van der Waals surface area contributed by atoms with Gasteiger partial charge in [0.05, 0.1) is 0 Å². The molecule has 16 heavy (non-hydrogen) atoms. The Morgan fingerprint density at radius 2 is 1.56 bits per heavy atom. The predicted octanol–water partition coefficient (Wildman–Crippen LogP) is 4.43. The molecule has 0 aliphatic carbocycles. The van der Waals surface area contributed by atoms with Crippen molar-refractivity contribution in [3.8, 4) is 0 Å².